The minimum atomic E-state index is -4.64. The Labute approximate surface area is 199 Å². The van der Waals surface area contributed by atoms with Crippen LogP contribution in [0, 0.1) is 0 Å². The Hall–Kier alpha value is -0.924. The molecule has 11 nitrogen and oxygen atoms in total. The monoisotopic (exact) mass is 435 g/mol. The standard InChI is InChI=1S/2C6H8O2.C2H5NO2.K.H3O4P/c2*1-2-3-4-5-6(7)8;3-1-2(4)5;;1-5(2,3)4/h2*2-5H,1H3,(H,7,8);1,3H2,(H,4,5);;(H3,1,2,3,4)/q;;;+1;/p-1/b2*3-2+,5-4+;;;. The van der Waals surface area contributed by atoms with Crippen molar-refractivity contribution in [2.45, 2.75) is 13.8 Å². The normalized spacial score (nSPS) is 10.1. The summed E-state index contributed by atoms with van der Waals surface area (Å²) in [5.41, 5.74) is 4.57. The van der Waals surface area contributed by atoms with Gasteiger partial charge in [0.2, 0.25) is 0 Å². The molecule has 0 aromatic heterocycles. The maximum atomic E-state index is 9.75. The second-order valence-electron chi connectivity index (χ2n) is 3.54. The number of carbonyl (C=O) groups excluding carboxylic acids is 1. The first-order valence-electron chi connectivity index (χ1n) is 6.54. The van der Waals surface area contributed by atoms with E-state index in [0.29, 0.717) is 0 Å². The number of carboxylic acid groups (broad SMARTS) is 3. The first-order chi connectivity index (χ1) is 11.8. The van der Waals surface area contributed by atoms with Crippen molar-refractivity contribution in [1.29, 1.82) is 0 Å². The molecule has 0 rings (SSSR count). The number of phosphoric acid groups is 1. The van der Waals surface area contributed by atoms with Crippen LogP contribution >= 0.6 is 7.82 Å². The molecule has 0 fully saturated rings. The van der Waals surface area contributed by atoms with Gasteiger partial charge in [-0.25, -0.2) is 9.36 Å². The maximum Gasteiger partial charge on any atom is 1.00 e. The van der Waals surface area contributed by atoms with Gasteiger partial charge in [-0.05, 0) is 19.9 Å². The van der Waals surface area contributed by atoms with Crippen LogP contribution in [0.25, 0.3) is 0 Å². The summed E-state index contributed by atoms with van der Waals surface area (Å²) in [6.45, 7) is 3.35. The summed E-state index contributed by atoms with van der Waals surface area (Å²) in [7, 11) is -4.64. The zero-order chi connectivity index (χ0) is 21.6. The first kappa shape index (κ1) is 36.9. The topological polar surface area (TPSA) is 219 Å². The van der Waals surface area contributed by atoms with E-state index < -0.39 is 25.7 Å². The predicted molar refractivity (Wildman–Crippen MR) is 91.5 cm³/mol. The average molecular weight is 435 g/mol. The third-order valence-corrected chi connectivity index (χ3v) is 1.25. The van der Waals surface area contributed by atoms with Crippen LogP contribution in [-0.4, -0.2) is 49.3 Å². The molecule has 0 aromatic rings. The molecule has 0 heterocycles. The van der Waals surface area contributed by atoms with Gasteiger partial charge in [0.1, 0.15) is 0 Å². The molecule has 0 unspecified atom stereocenters. The molecule has 7 N–H and O–H groups in total. The van der Waals surface area contributed by atoms with Gasteiger partial charge in [-0.15, -0.1) is 0 Å². The predicted octanol–water partition coefficient (Wildman–Crippen LogP) is -3.82. The third-order valence-electron chi connectivity index (χ3n) is 1.25. The van der Waals surface area contributed by atoms with E-state index in [1.807, 2.05) is 6.92 Å². The molecule has 0 bridgehead atoms. The van der Waals surface area contributed by atoms with Crippen LogP contribution in [-0.2, 0) is 18.9 Å². The van der Waals surface area contributed by atoms with Gasteiger partial charge in [0.05, 0.1) is 12.5 Å². The van der Waals surface area contributed by atoms with Crippen LogP contribution in [0.2, 0.25) is 0 Å². The molecular weight excluding hydrogens is 412 g/mol. The number of allylic oxidation sites excluding steroid dienone is 6. The van der Waals surface area contributed by atoms with Crippen molar-refractivity contribution in [3.05, 3.63) is 48.6 Å². The molecule has 0 aliphatic heterocycles. The van der Waals surface area contributed by atoms with Crippen molar-refractivity contribution in [2.24, 2.45) is 5.73 Å². The summed E-state index contributed by atoms with van der Waals surface area (Å²) in [4.78, 5) is 50.2. The van der Waals surface area contributed by atoms with Crippen LogP contribution in [0.1, 0.15) is 13.8 Å². The van der Waals surface area contributed by atoms with Crippen LogP contribution < -0.4 is 62.2 Å². The Morgan fingerprint density at radius 3 is 1.41 bits per heavy atom. The van der Waals surface area contributed by atoms with E-state index in [4.69, 9.17) is 29.5 Å². The number of nitrogens with two attached hydrogens (primary N) is 1. The van der Waals surface area contributed by atoms with Crippen LogP contribution in [0.5, 0.6) is 0 Å². The molecule has 0 saturated carbocycles. The third kappa shape index (κ3) is 109. The molecule has 27 heavy (non-hydrogen) atoms. The molecule has 0 radical (unpaired) electrons. The second kappa shape index (κ2) is 27.3. The number of carbonyl (C=O) groups is 3. The number of hydrogen-bond donors (Lipinski definition) is 6. The molecule has 0 aliphatic rings. The Morgan fingerprint density at radius 2 is 1.22 bits per heavy atom. The van der Waals surface area contributed by atoms with Gasteiger partial charge in [0.15, 0.2) is 0 Å². The SMILES string of the molecule is C/C=C/C=C/C(=O)O.C/C=C/C=C/C(=O)[O-].NCC(=O)O.O=P(O)(O)O.[K+]. The molecule has 0 amide bonds. The fraction of sp³-hybridized carbons (Fsp3) is 0.214. The molecule has 13 heteroatoms. The number of hydrogen-bond acceptors (Lipinski definition) is 6. The van der Waals surface area contributed by atoms with Crippen LogP contribution in [0.3, 0.4) is 0 Å². The van der Waals surface area contributed by atoms with Gasteiger partial charge < -0.3 is 40.5 Å². The number of rotatable bonds is 5. The molecule has 0 aliphatic carbocycles. The fourth-order valence-electron chi connectivity index (χ4n) is 0.494. The van der Waals surface area contributed by atoms with Crippen molar-refractivity contribution in [1.82, 2.24) is 0 Å². The molecule has 0 atom stereocenters. The molecule has 0 spiro atoms. The van der Waals surface area contributed by atoms with Crippen molar-refractivity contribution >= 4 is 25.7 Å². The van der Waals surface area contributed by atoms with Crippen molar-refractivity contribution in [3.63, 3.8) is 0 Å². The zero-order valence-corrected chi connectivity index (χ0v) is 19.1. The Kier molecular flexibility index (Phi) is 37.3. The number of carboxylic acids is 3. The maximum absolute atomic E-state index is 9.75. The summed E-state index contributed by atoms with van der Waals surface area (Å²) in [5, 5.41) is 25.3. The van der Waals surface area contributed by atoms with Crippen molar-refractivity contribution < 1.29 is 100 Å². The summed E-state index contributed by atoms with van der Waals surface area (Å²) >= 11 is 0. The molecule has 0 aromatic carbocycles. The van der Waals surface area contributed by atoms with Crippen molar-refractivity contribution in [3.8, 4) is 0 Å². The van der Waals surface area contributed by atoms with E-state index >= 15 is 0 Å². The average Bonchev–Trinajstić information content (AvgIpc) is 2.46. The van der Waals surface area contributed by atoms with E-state index in [1.54, 1.807) is 31.2 Å². The van der Waals surface area contributed by atoms with Crippen LogP contribution in [0.4, 0.5) is 0 Å². The summed E-state index contributed by atoms with van der Waals surface area (Å²) < 4.78 is 8.88. The minimum Gasteiger partial charge on any atom is -0.545 e. The second-order valence-corrected chi connectivity index (χ2v) is 4.56. The minimum absolute atomic E-state index is 0. The van der Waals surface area contributed by atoms with Crippen molar-refractivity contribution in [2.75, 3.05) is 6.54 Å². The smallest absolute Gasteiger partial charge is 0.545 e. The zero-order valence-electron chi connectivity index (χ0n) is 15.1. The molecule has 0 saturated heterocycles. The molecule has 150 valence electrons. The van der Waals surface area contributed by atoms with E-state index in [0.717, 1.165) is 12.2 Å². The van der Waals surface area contributed by atoms with Gasteiger partial charge in [0, 0.05) is 6.08 Å². The summed E-state index contributed by atoms with van der Waals surface area (Å²) in [5.74, 6) is -3.05. The van der Waals surface area contributed by atoms with E-state index in [2.05, 4.69) is 5.73 Å². The Morgan fingerprint density at radius 1 is 0.926 bits per heavy atom. The van der Waals surface area contributed by atoms with Crippen LogP contribution in [0.15, 0.2) is 48.6 Å². The van der Waals surface area contributed by atoms with E-state index in [-0.39, 0.29) is 57.9 Å². The van der Waals surface area contributed by atoms with Gasteiger partial charge in [-0.1, -0.05) is 36.5 Å². The van der Waals surface area contributed by atoms with Gasteiger partial charge in [-0.2, -0.15) is 0 Å². The first-order valence-corrected chi connectivity index (χ1v) is 8.11. The Balaban J connectivity index is -0.0000000807. The summed E-state index contributed by atoms with van der Waals surface area (Å²) in [6.07, 6.45) is 11.7. The van der Waals surface area contributed by atoms with E-state index in [1.165, 1.54) is 12.2 Å². The largest absolute Gasteiger partial charge is 1.00 e. The Bertz CT molecular complexity index is 512. The van der Waals surface area contributed by atoms with Gasteiger partial charge in [0.25, 0.3) is 0 Å². The quantitative estimate of drug-likeness (QED) is 0.106. The fourth-order valence-corrected chi connectivity index (χ4v) is 0.494. The number of aliphatic carboxylic acids is 3. The summed E-state index contributed by atoms with van der Waals surface area (Å²) in [6, 6.07) is 0. The molecular formula is C14H23KNO10P. The van der Waals surface area contributed by atoms with Gasteiger partial charge in [-0.3, -0.25) is 4.79 Å². The van der Waals surface area contributed by atoms with Gasteiger partial charge >= 0.3 is 71.1 Å². The van der Waals surface area contributed by atoms with E-state index in [9.17, 15) is 19.5 Å².